The molecule has 1 aromatic heterocycles. The zero-order chi connectivity index (χ0) is 8.55. The highest BCUT2D eigenvalue weighted by Crippen LogP contribution is 2.28. The molecule has 0 saturated heterocycles. The van der Waals surface area contributed by atoms with Crippen molar-refractivity contribution in [1.29, 1.82) is 0 Å². The number of nitrogens with zero attached hydrogens (tertiary/aromatic N) is 2. The van der Waals surface area contributed by atoms with E-state index in [-0.39, 0.29) is 0 Å². The second kappa shape index (κ2) is 2.48. The van der Waals surface area contributed by atoms with E-state index in [4.69, 9.17) is 5.73 Å². The Labute approximate surface area is 70.5 Å². The van der Waals surface area contributed by atoms with Crippen molar-refractivity contribution in [3.63, 3.8) is 0 Å². The van der Waals surface area contributed by atoms with Crippen LogP contribution in [0.1, 0.15) is 12.5 Å². The van der Waals surface area contributed by atoms with Gasteiger partial charge in [-0.1, -0.05) is 6.08 Å². The van der Waals surface area contributed by atoms with Crippen molar-refractivity contribution in [3.05, 3.63) is 18.0 Å². The van der Waals surface area contributed by atoms with Gasteiger partial charge in [0.05, 0.1) is 5.56 Å². The molecular formula is C8H10N4. The summed E-state index contributed by atoms with van der Waals surface area (Å²) in [5.41, 5.74) is 7.77. The van der Waals surface area contributed by atoms with Gasteiger partial charge in [0.15, 0.2) is 0 Å². The number of nitrogens with one attached hydrogen (secondary N) is 1. The van der Waals surface area contributed by atoms with Crippen LogP contribution in [0.4, 0.5) is 11.6 Å². The highest BCUT2D eigenvalue weighted by Gasteiger charge is 2.13. The second-order valence-corrected chi connectivity index (χ2v) is 2.75. The predicted octanol–water partition coefficient (Wildman–Crippen LogP) is 0.888. The summed E-state index contributed by atoms with van der Waals surface area (Å²) in [6, 6.07) is 0. The van der Waals surface area contributed by atoms with Crippen LogP contribution in [0, 0.1) is 0 Å². The molecule has 4 nitrogen and oxygen atoms in total. The number of fused-ring (bicyclic) bond motifs is 1. The topological polar surface area (TPSA) is 63.8 Å². The Morgan fingerprint density at radius 3 is 3.08 bits per heavy atom. The number of anilines is 2. The molecule has 0 aromatic carbocycles. The minimum Gasteiger partial charge on any atom is -0.383 e. The Kier molecular flexibility index (Phi) is 1.46. The molecule has 0 aliphatic carbocycles. The molecule has 0 bridgehead atoms. The standard InChI is InChI=1S/C8H10N4/c1-5-2-3-10-8-6(5)7(9)11-4-12-8/h2,4H,3H2,1H3,(H3,9,10,11,12). The van der Waals surface area contributed by atoms with E-state index in [2.05, 4.69) is 21.4 Å². The fourth-order valence-electron chi connectivity index (χ4n) is 1.32. The Morgan fingerprint density at radius 1 is 1.50 bits per heavy atom. The van der Waals surface area contributed by atoms with Gasteiger partial charge in [-0.05, 0) is 12.5 Å². The predicted molar refractivity (Wildman–Crippen MR) is 48.6 cm³/mol. The Balaban J connectivity index is 2.64. The van der Waals surface area contributed by atoms with Gasteiger partial charge in [-0.3, -0.25) is 0 Å². The highest BCUT2D eigenvalue weighted by molar-refractivity contribution is 5.81. The molecule has 0 spiro atoms. The molecule has 2 heterocycles. The zero-order valence-electron chi connectivity index (χ0n) is 6.83. The van der Waals surface area contributed by atoms with Gasteiger partial charge in [0.2, 0.25) is 0 Å². The van der Waals surface area contributed by atoms with E-state index in [0.717, 1.165) is 23.5 Å². The van der Waals surface area contributed by atoms with Gasteiger partial charge in [0, 0.05) is 6.54 Å². The fraction of sp³-hybridized carbons (Fsp3) is 0.250. The van der Waals surface area contributed by atoms with E-state index >= 15 is 0 Å². The van der Waals surface area contributed by atoms with Crippen molar-refractivity contribution in [2.75, 3.05) is 17.6 Å². The van der Waals surface area contributed by atoms with Crippen molar-refractivity contribution in [2.45, 2.75) is 6.92 Å². The fourth-order valence-corrected chi connectivity index (χ4v) is 1.32. The Hall–Kier alpha value is -1.58. The van der Waals surface area contributed by atoms with Crippen LogP contribution in [0.15, 0.2) is 12.4 Å². The van der Waals surface area contributed by atoms with Gasteiger partial charge in [-0.15, -0.1) is 0 Å². The molecule has 1 aliphatic rings. The van der Waals surface area contributed by atoms with E-state index < -0.39 is 0 Å². The van der Waals surface area contributed by atoms with Gasteiger partial charge in [-0.25, -0.2) is 9.97 Å². The van der Waals surface area contributed by atoms with E-state index in [1.165, 1.54) is 6.33 Å². The summed E-state index contributed by atoms with van der Waals surface area (Å²) in [7, 11) is 0. The molecule has 0 atom stereocenters. The first-order chi connectivity index (χ1) is 5.79. The molecule has 1 aliphatic heterocycles. The van der Waals surface area contributed by atoms with Gasteiger partial charge in [0.1, 0.15) is 18.0 Å². The molecule has 4 heteroatoms. The van der Waals surface area contributed by atoms with Gasteiger partial charge < -0.3 is 11.1 Å². The average molecular weight is 162 g/mol. The normalized spacial score (nSPS) is 14.6. The maximum atomic E-state index is 5.70. The molecule has 0 saturated carbocycles. The van der Waals surface area contributed by atoms with Gasteiger partial charge in [0.25, 0.3) is 0 Å². The summed E-state index contributed by atoms with van der Waals surface area (Å²) in [6.07, 6.45) is 3.54. The van der Waals surface area contributed by atoms with Crippen LogP contribution < -0.4 is 11.1 Å². The molecule has 2 rings (SSSR count). The smallest absolute Gasteiger partial charge is 0.139 e. The summed E-state index contributed by atoms with van der Waals surface area (Å²) in [6.45, 7) is 2.83. The lowest BCUT2D eigenvalue weighted by molar-refractivity contribution is 1.12. The monoisotopic (exact) mass is 162 g/mol. The number of nitrogens with two attached hydrogens (primary N) is 1. The zero-order valence-corrected chi connectivity index (χ0v) is 6.83. The quantitative estimate of drug-likeness (QED) is 0.594. The number of hydrogen-bond acceptors (Lipinski definition) is 4. The van der Waals surface area contributed by atoms with Gasteiger partial charge >= 0.3 is 0 Å². The van der Waals surface area contributed by atoms with Crippen LogP contribution in [0.3, 0.4) is 0 Å². The molecule has 0 unspecified atom stereocenters. The third kappa shape index (κ3) is 0.922. The molecule has 0 fully saturated rings. The average Bonchev–Trinajstić information content (AvgIpc) is 2.04. The Bertz CT molecular complexity index is 343. The SMILES string of the molecule is CC1=CCNc2ncnc(N)c21. The van der Waals surface area contributed by atoms with E-state index in [1.807, 2.05) is 6.92 Å². The van der Waals surface area contributed by atoms with Crippen molar-refractivity contribution >= 4 is 17.2 Å². The third-order valence-electron chi connectivity index (χ3n) is 1.95. The summed E-state index contributed by atoms with van der Waals surface area (Å²) in [5, 5.41) is 3.13. The maximum absolute atomic E-state index is 5.70. The lowest BCUT2D eigenvalue weighted by Gasteiger charge is -2.16. The van der Waals surface area contributed by atoms with Crippen LogP contribution in [-0.2, 0) is 0 Å². The molecule has 3 N–H and O–H groups in total. The minimum absolute atomic E-state index is 0.543. The molecule has 1 aromatic rings. The van der Waals surface area contributed by atoms with Crippen LogP contribution in [0.5, 0.6) is 0 Å². The number of rotatable bonds is 0. The van der Waals surface area contributed by atoms with E-state index in [1.54, 1.807) is 0 Å². The van der Waals surface area contributed by atoms with Crippen LogP contribution >= 0.6 is 0 Å². The van der Waals surface area contributed by atoms with Crippen molar-refractivity contribution in [1.82, 2.24) is 9.97 Å². The number of hydrogen-bond donors (Lipinski definition) is 2. The Morgan fingerprint density at radius 2 is 2.33 bits per heavy atom. The molecule has 62 valence electrons. The van der Waals surface area contributed by atoms with Crippen molar-refractivity contribution < 1.29 is 0 Å². The maximum Gasteiger partial charge on any atom is 0.139 e. The second-order valence-electron chi connectivity index (χ2n) is 2.75. The first-order valence-corrected chi connectivity index (χ1v) is 3.80. The highest BCUT2D eigenvalue weighted by atomic mass is 15.0. The summed E-state index contributed by atoms with van der Waals surface area (Å²) in [4.78, 5) is 8.02. The largest absolute Gasteiger partial charge is 0.383 e. The summed E-state index contributed by atoms with van der Waals surface area (Å²) >= 11 is 0. The molecule has 0 radical (unpaired) electrons. The third-order valence-corrected chi connectivity index (χ3v) is 1.95. The summed E-state index contributed by atoms with van der Waals surface area (Å²) < 4.78 is 0. The number of aromatic nitrogens is 2. The first kappa shape index (κ1) is 7.09. The van der Waals surface area contributed by atoms with Crippen molar-refractivity contribution in [3.8, 4) is 0 Å². The van der Waals surface area contributed by atoms with Gasteiger partial charge in [-0.2, -0.15) is 0 Å². The molecular weight excluding hydrogens is 152 g/mol. The van der Waals surface area contributed by atoms with Crippen LogP contribution in [-0.4, -0.2) is 16.5 Å². The van der Waals surface area contributed by atoms with Crippen LogP contribution in [0.2, 0.25) is 0 Å². The lowest BCUT2D eigenvalue weighted by Crippen LogP contribution is -2.11. The van der Waals surface area contributed by atoms with Crippen LogP contribution in [0.25, 0.3) is 5.57 Å². The van der Waals surface area contributed by atoms with E-state index in [0.29, 0.717) is 5.82 Å². The molecule has 12 heavy (non-hydrogen) atoms. The minimum atomic E-state index is 0.543. The molecule has 0 amide bonds. The van der Waals surface area contributed by atoms with Crippen molar-refractivity contribution in [2.24, 2.45) is 0 Å². The number of nitrogen functional groups attached to an aromatic ring is 1. The lowest BCUT2D eigenvalue weighted by atomic mass is 10.1. The van der Waals surface area contributed by atoms with E-state index in [9.17, 15) is 0 Å². The summed E-state index contributed by atoms with van der Waals surface area (Å²) in [5.74, 6) is 1.38. The number of allylic oxidation sites excluding steroid dienone is 1. The first-order valence-electron chi connectivity index (χ1n) is 3.80.